The van der Waals surface area contributed by atoms with E-state index < -0.39 is 11.6 Å². The first-order valence-corrected chi connectivity index (χ1v) is 6.52. The highest BCUT2D eigenvalue weighted by Crippen LogP contribution is 2.19. The molecule has 2 N–H and O–H groups in total. The Balaban J connectivity index is 2.76. The molecule has 4 nitrogen and oxygen atoms in total. The zero-order valence-corrected chi connectivity index (χ0v) is 11.6. The van der Waals surface area contributed by atoms with Gasteiger partial charge in [-0.2, -0.15) is 0 Å². The van der Waals surface area contributed by atoms with Crippen molar-refractivity contribution < 1.29 is 13.5 Å². The summed E-state index contributed by atoms with van der Waals surface area (Å²) in [4.78, 5) is 3.93. The van der Waals surface area contributed by atoms with Gasteiger partial charge in [-0.1, -0.05) is 6.92 Å². The van der Waals surface area contributed by atoms with Crippen molar-refractivity contribution in [3.05, 3.63) is 17.7 Å². The number of hydrogen-bond acceptors (Lipinski definition) is 4. The number of pyridine rings is 1. The molecule has 0 aliphatic carbocycles. The van der Waals surface area contributed by atoms with E-state index in [0.717, 1.165) is 12.5 Å². The molecule has 108 valence electrons. The monoisotopic (exact) mass is 273 g/mol. The predicted octanol–water partition coefficient (Wildman–Crippen LogP) is 3.02. The maximum atomic E-state index is 13.6. The van der Waals surface area contributed by atoms with E-state index in [0.29, 0.717) is 19.8 Å². The number of ether oxygens (including phenoxy) is 1. The van der Waals surface area contributed by atoms with Gasteiger partial charge in [0.15, 0.2) is 23.3 Å². The number of hydrogen-bond donors (Lipinski definition) is 2. The van der Waals surface area contributed by atoms with Crippen LogP contribution in [0.1, 0.15) is 27.2 Å². The van der Waals surface area contributed by atoms with Crippen LogP contribution in [0.5, 0.6) is 0 Å². The summed E-state index contributed by atoms with van der Waals surface area (Å²) >= 11 is 0. The molecule has 1 rings (SSSR count). The predicted molar refractivity (Wildman–Crippen MR) is 72.5 cm³/mol. The second-order valence-electron chi connectivity index (χ2n) is 4.28. The SMILES string of the molecule is CCCNc1nc(NC(C)COCC)c(F)cc1F. The third-order valence-corrected chi connectivity index (χ3v) is 2.43. The highest BCUT2D eigenvalue weighted by Gasteiger charge is 2.13. The van der Waals surface area contributed by atoms with Crippen molar-refractivity contribution in [2.75, 3.05) is 30.4 Å². The summed E-state index contributed by atoms with van der Waals surface area (Å²) in [6, 6.07) is 0.729. The van der Waals surface area contributed by atoms with Crippen molar-refractivity contribution in [2.24, 2.45) is 0 Å². The van der Waals surface area contributed by atoms with Crippen LogP contribution in [0.15, 0.2) is 6.07 Å². The molecule has 1 atom stereocenters. The summed E-state index contributed by atoms with van der Waals surface area (Å²) in [6.45, 7) is 7.30. The molecule has 0 amide bonds. The van der Waals surface area contributed by atoms with Gasteiger partial charge in [-0.25, -0.2) is 13.8 Å². The second kappa shape index (κ2) is 7.89. The standard InChI is InChI=1S/C13H21F2N3O/c1-4-6-16-12-10(14)7-11(15)13(18-12)17-9(3)8-19-5-2/h7,9H,4-6,8H2,1-3H3,(H2,16,17,18). The molecule has 0 aliphatic rings. The number of nitrogens with zero attached hydrogens (tertiary/aromatic N) is 1. The van der Waals surface area contributed by atoms with Crippen molar-refractivity contribution in [2.45, 2.75) is 33.2 Å². The minimum atomic E-state index is -0.706. The van der Waals surface area contributed by atoms with Crippen molar-refractivity contribution in [3.63, 3.8) is 0 Å². The van der Waals surface area contributed by atoms with Gasteiger partial charge in [0.05, 0.1) is 6.61 Å². The first kappa shape index (κ1) is 15.6. The average Bonchev–Trinajstić information content (AvgIpc) is 2.38. The van der Waals surface area contributed by atoms with E-state index in [1.807, 2.05) is 20.8 Å². The third-order valence-electron chi connectivity index (χ3n) is 2.43. The Labute approximate surface area is 112 Å². The molecule has 0 spiro atoms. The Kier molecular flexibility index (Phi) is 6.49. The van der Waals surface area contributed by atoms with E-state index in [4.69, 9.17) is 4.74 Å². The largest absolute Gasteiger partial charge is 0.380 e. The van der Waals surface area contributed by atoms with E-state index in [-0.39, 0.29) is 17.7 Å². The van der Waals surface area contributed by atoms with Crippen molar-refractivity contribution >= 4 is 11.6 Å². The van der Waals surface area contributed by atoms with Gasteiger partial charge in [0, 0.05) is 25.3 Å². The quantitative estimate of drug-likeness (QED) is 0.764. The van der Waals surface area contributed by atoms with Gasteiger partial charge >= 0.3 is 0 Å². The van der Waals surface area contributed by atoms with Gasteiger partial charge in [-0.15, -0.1) is 0 Å². The minimum absolute atomic E-state index is 0.0345. The lowest BCUT2D eigenvalue weighted by atomic mass is 10.3. The summed E-state index contributed by atoms with van der Waals surface area (Å²) in [6.07, 6.45) is 0.835. The highest BCUT2D eigenvalue weighted by molar-refractivity contribution is 5.47. The maximum Gasteiger partial charge on any atom is 0.168 e. The van der Waals surface area contributed by atoms with Crippen LogP contribution >= 0.6 is 0 Å². The van der Waals surface area contributed by atoms with Crippen LogP contribution in [0.25, 0.3) is 0 Å². The molecule has 1 unspecified atom stereocenters. The molecule has 0 radical (unpaired) electrons. The average molecular weight is 273 g/mol. The number of nitrogens with one attached hydrogen (secondary N) is 2. The molecule has 0 aliphatic heterocycles. The minimum Gasteiger partial charge on any atom is -0.380 e. The molecule has 0 saturated heterocycles. The van der Waals surface area contributed by atoms with E-state index in [1.54, 1.807) is 0 Å². The first-order valence-electron chi connectivity index (χ1n) is 6.52. The Morgan fingerprint density at radius 1 is 1.26 bits per heavy atom. The van der Waals surface area contributed by atoms with Gasteiger partial charge < -0.3 is 15.4 Å². The molecular formula is C13H21F2N3O. The van der Waals surface area contributed by atoms with E-state index in [2.05, 4.69) is 15.6 Å². The fraction of sp³-hybridized carbons (Fsp3) is 0.615. The molecule has 1 heterocycles. The Morgan fingerprint density at radius 3 is 2.58 bits per heavy atom. The van der Waals surface area contributed by atoms with Gasteiger partial charge in [0.1, 0.15) is 0 Å². The van der Waals surface area contributed by atoms with Crippen LogP contribution < -0.4 is 10.6 Å². The van der Waals surface area contributed by atoms with E-state index >= 15 is 0 Å². The van der Waals surface area contributed by atoms with Crippen molar-refractivity contribution in [1.29, 1.82) is 0 Å². The van der Waals surface area contributed by atoms with Crippen LogP contribution in [0.4, 0.5) is 20.4 Å². The molecule has 0 aromatic carbocycles. The van der Waals surface area contributed by atoms with Gasteiger partial charge in [0.2, 0.25) is 0 Å². The normalized spacial score (nSPS) is 12.3. The lowest BCUT2D eigenvalue weighted by molar-refractivity contribution is 0.141. The molecule has 6 heteroatoms. The van der Waals surface area contributed by atoms with Gasteiger partial charge in [0.25, 0.3) is 0 Å². The lowest BCUT2D eigenvalue weighted by Gasteiger charge is -2.16. The Morgan fingerprint density at radius 2 is 1.95 bits per heavy atom. The zero-order valence-electron chi connectivity index (χ0n) is 11.6. The molecular weight excluding hydrogens is 252 g/mol. The molecule has 1 aromatic heterocycles. The van der Waals surface area contributed by atoms with Crippen LogP contribution in [-0.2, 0) is 4.74 Å². The van der Waals surface area contributed by atoms with E-state index in [9.17, 15) is 8.78 Å². The summed E-state index contributed by atoms with van der Waals surface area (Å²) in [5.74, 6) is -1.29. The third kappa shape index (κ3) is 4.98. The molecule has 0 bridgehead atoms. The van der Waals surface area contributed by atoms with Gasteiger partial charge in [-0.05, 0) is 20.3 Å². The van der Waals surface area contributed by atoms with Crippen LogP contribution in [0.3, 0.4) is 0 Å². The number of rotatable bonds is 8. The fourth-order valence-electron chi connectivity index (χ4n) is 1.50. The topological polar surface area (TPSA) is 46.2 Å². The summed E-state index contributed by atoms with van der Waals surface area (Å²) < 4.78 is 32.3. The van der Waals surface area contributed by atoms with Crippen LogP contribution in [-0.4, -0.2) is 30.8 Å². The van der Waals surface area contributed by atoms with Crippen LogP contribution in [0, 0.1) is 11.6 Å². The molecule has 19 heavy (non-hydrogen) atoms. The number of halogens is 2. The highest BCUT2D eigenvalue weighted by atomic mass is 19.1. The molecule has 0 saturated carbocycles. The van der Waals surface area contributed by atoms with E-state index in [1.165, 1.54) is 0 Å². The van der Waals surface area contributed by atoms with Crippen LogP contribution in [0.2, 0.25) is 0 Å². The number of aromatic nitrogens is 1. The fourth-order valence-corrected chi connectivity index (χ4v) is 1.50. The summed E-state index contributed by atoms with van der Waals surface area (Å²) in [5, 5.41) is 5.69. The Hall–Kier alpha value is -1.43. The lowest BCUT2D eigenvalue weighted by Crippen LogP contribution is -2.23. The number of anilines is 2. The summed E-state index contributed by atoms with van der Waals surface area (Å²) in [7, 11) is 0. The first-order chi connectivity index (χ1) is 9.08. The van der Waals surface area contributed by atoms with Crippen molar-refractivity contribution in [1.82, 2.24) is 4.98 Å². The van der Waals surface area contributed by atoms with Gasteiger partial charge in [-0.3, -0.25) is 0 Å². The Bertz CT molecular complexity index is 402. The molecule has 0 fully saturated rings. The summed E-state index contributed by atoms with van der Waals surface area (Å²) in [5.41, 5.74) is 0. The molecule has 1 aromatic rings. The zero-order chi connectivity index (χ0) is 14.3. The van der Waals surface area contributed by atoms with Crippen molar-refractivity contribution in [3.8, 4) is 0 Å². The second-order valence-corrected chi connectivity index (χ2v) is 4.28. The maximum absolute atomic E-state index is 13.6. The smallest absolute Gasteiger partial charge is 0.168 e.